The van der Waals surface area contributed by atoms with Crippen LogP contribution in [0.15, 0.2) is 22.7 Å². The zero-order chi connectivity index (χ0) is 17.7. The molecule has 0 bridgehead atoms. The largest absolute Gasteiger partial charge is 0.481 e. The van der Waals surface area contributed by atoms with Crippen LogP contribution < -0.4 is 4.74 Å². The van der Waals surface area contributed by atoms with Crippen molar-refractivity contribution in [1.29, 1.82) is 0 Å². The molecule has 0 fully saturated rings. The summed E-state index contributed by atoms with van der Waals surface area (Å²) in [6.45, 7) is 3.07. The molecule has 7 heteroatoms. The SMILES string of the molecule is CC#CCOc1ccc(C2=[C-]CC(C)C(=O)N2CC(F)F)c(Br)c1.[Y]. The van der Waals surface area contributed by atoms with Crippen molar-refractivity contribution in [3.8, 4) is 17.6 Å². The second kappa shape index (κ2) is 10.4. The first-order valence-corrected chi connectivity index (χ1v) is 8.26. The van der Waals surface area contributed by atoms with Gasteiger partial charge in [0, 0.05) is 38.6 Å². The zero-order valence-electron chi connectivity index (χ0n) is 14.0. The van der Waals surface area contributed by atoms with Crippen LogP contribution >= 0.6 is 15.9 Å². The Balaban J connectivity index is 0.00000312. The van der Waals surface area contributed by atoms with Gasteiger partial charge in [-0.2, -0.15) is 0 Å². The minimum absolute atomic E-state index is 0. The second-order valence-electron chi connectivity index (χ2n) is 5.33. The van der Waals surface area contributed by atoms with Crippen molar-refractivity contribution in [3.63, 3.8) is 0 Å². The Kier molecular flexibility index (Phi) is 9.27. The van der Waals surface area contributed by atoms with Gasteiger partial charge in [-0.1, -0.05) is 39.7 Å². The maximum Gasteiger partial charge on any atom is 0.256 e. The van der Waals surface area contributed by atoms with E-state index in [2.05, 4.69) is 33.8 Å². The fourth-order valence-electron chi connectivity index (χ4n) is 2.34. The molecule has 0 saturated heterocycles. The van der Waals surface area contributed by atoms with Crippen LogP contribution in [0, 0.1) is 23.8 Å². The number of halogens is 3. The van der Waals surface area contributed by atoms with E-state index in [-0.39, 0.29) is 51.1 Å². The van der Waals surface area contributed by atoms with Gasteiger partial charge in [-0.25, -0.2) is 14.9 Å². The van der Waals surface area contributed by atoms with Crippen molar-refractivity contribution in [2.45, 2.75) is 26.7 Å². The third kappa shape index (κ3) is 5.87. The molecule has 0 spiro atoms. The molecule has 1 aromatic carbocycles. The number of carbonyl (C=O) groups is 1. The zero-order valence-corrected chi connectivity index (χ0v) is 18.4. The number of nitrogens with zero attached hydrogens (tertiary/aromatic N) is 1. The molecule has 131 valence electrons. The van der Waals surface area contributed by atoms with E-state index in [4.69, 9.17) is 4.74 Å². The van der Waals surface area contributed by atoms with Crippen molar-refractivity contribution in [2.24, 2.45) is 5.92 Å². The predicted molar refractivity (Wildman–Crippen MR) is 91.2 cm³/mol. The van der Waals surface area contributed by atoms with Gasteiger partial charge >= 0.3 is 0 Å². The van der Waals surface area contributed by atoms with Crippen LogP contribution in [0.25, 0.3) is 5.70 Å². The Morgan fingerprint density at radius 1 is 1.48 bits per heavy atom. The van der Waals surface area contributed by atoms with Crippen LogP contribution in [0.4, 0.5) is 8.78 Å². The molecule has 1 unspecified atom stereocenters. The molecule has 0 N–H and O–H groups in total. The molecule has 3 nitrogen and oxygen atoms in total. The van der Waals surface area contributed by atoms with Crippen LogP contribution in [0.1, 0.15) is 25.8 Å². The van der Waals surface area contributed by atoms with Gasteiger partial charge in [-0.15, -0.1) is 23.2 Å². The molecular formula is C18H17BrF2NO2Y-. The summed E-state index contributed by atoms with van der Waals surface area (Å²) in [5, 5.41) is 0. The Bertz CT molecular complexity index is 713. The van der Waals surface area contributed by atoms with Crippen LogP contribution in [-0.2, 0) is 37.5 Å². The summed E-state index contributed by atoms with van der Waals surface area (Å²) in [6.07, 6.45) is 0.880. The minimum atomic E-state index is -2.61. The van der Waals surface area contributed by atoms with Crippen molar-refractivity contribution < 1.29 is 51.0 Å². The molecule has 2 rings (SSSR count). The van der Waals surface area contributed by atoms with E-state index in [1.54, 1.807) is 32.0 Å². The average Bonchev–Trinajstić information content (AvgIpc) is 2.53. The fraction of sp³-hybridized carbons (Fsp3) is 0.389. The first kappa shape index (κ1) is 22.3. The van der Waals surface area contributed by atoms with Gasteiger partial charge in [0.05, 0.1) is 6.54 Å². The van der Waals surface area contributed by atoms with Crippen molar-refractivity contribution in [1.82, 2.24) is 4.90 Å². The average molecular weight is 486 g/mol. The molecule has 1 radical (unpaired) electrons. The van der Waals surface area contributed by atoms with Crippen LogP contribution in [-0.4, -0.2) is 30.4 Å². The second-order valence-corrected chi connectivity index (χ2v) is 6.18. The molecule has 1 aliphatic rings. The van der Waals surface area contributed by atoms with Gasteiger partial charge in [0.1, 0.15) is 12.4 Å². The topological polar surface area (TPSA) is 29.5 Å². The Labute approximate surface area is 180 Å². The number of carbonyl (C=O) groups excluding carboxylic acids is 1. The maximum atomic E-state index is 12.9. The number of benzene rings is 1. The minimum Gasteiger partial charge on any atom is -0.481 e. The van der Waals surface area contributed by atoms with E-state index < -0.39 is 13.0 Å². The van der Waals surface area contributed by atoms with Crippen LogP contribution in [0.2, 0.25) is 0 Å². The van der Waals surface area contributed by atoms with Gasteiger partial charge < -0.3 is 9.64 Å². The van der Waals surface area contributed by atoms with Gasteiger partial charge in [0.15, 0.2) is 0 Å². The normalized spacial score (nSPS) is 16.7. The number of alkyl halides is 2. The van der Waals surface area contributed by atoms with Gasteiger partial charge in [-0.3, -0.25) is 4.79 Å². The first-order chi connectivity index (χ1) is 11.4. The fourth-order valence-corrected chi connectivity index (χ4v) is 2.88. The first-order valence-electron chi connectivity index (χ1n) is 7.46. The molecule has 1 heterocycles. The summed E-state index contributed by atoms with van der Waals surface area (Å²) in [4.78, 5) is 13.4. The van der Waals surface area contributed by atoms with Gasteiger partial charge in [0.25, 0.3) is 6.43 Å². The van der Waals surface area contributed by atoms with E-state index in [1.807, 2.05) is 0 Å². The number of hydrogen-bond acceptors (Lipinski definition) is 2. The quantitative estimate of drug-likeness (QED) is 0.463. The summed E-state index contributed by atoms with van der Waals surface area (Å²) in [6, 6.07) is 5.17. The third-order valence-electron chi connectivity index (χ3n) is 3.54. The van der Waals surface area contributed by atoms with E-state index >= 15 is 0 Å². The molecule has 0 saturated carbocycles. The summed E-state index contributed by atoms with van der Waals surface area (Å²) >= 11 is 3.42. The number of rotatable bonds is 5. The van der Waals surface area contributed by atoms with E-state index in [0.29, 0.717) is 27.9 Å². The maximum absolute atomic E-state index is 12.9. The molecule has 0 aliphatic carbocycles. The molecule has 25 heavy (non-hydrogen) atoms. The summed E-state index contributed by atoms with van der Waals surface area (Å²) < 4.78 is 31.8. The monoisotopic (exact) mass is 485 g/mol. The Morgan fingerprint density at radius 3 is 2.80 bits per heavy atom. The number of hydrogen-bond donors (Lipinski definition) is 0. The molecule has 0 aromatic heterocycles. The number of amides is 1. The third-order valence-corrected chi connectivity index (χ3v) is 4.19. The van der Waals surface area contributed by atoms with Crippen LogP contribution in [0.5, 0.6) is 5.75 Å². The van der Waals surface area contributed by atoms with Gasteiger partial charge in [0.2, 0.25) is 5.91 Å². The molecule has 1 amide bonds. The van der Waals surface area contributed by atoms with E-state index in [9.17, 15) is 13.6 Å². The van der Waals surface area contributed by atoms with Crippen molar-refractivity contribution in [3.05, 3.63) is 34.3 Å². The summed E-state index contributed by atoms with van der Waals surface area (Å²) in [5.41, 5.74) is 1.01. The number of ether oxygens (including phenoxy) is 1. The standard InChI is InChI=1S/C18H17BrF2NO2.Y/c1-3-4-9-24-13-6-7-14(15(19)10-13)16-8-5-12(2)18(23)22(16)11-17(20)21;/h6-7,10,12,17H,5,9,11H2,1-2H3;/q-1;. The Morgan fingerprint density at radius 2 is 2.20 bits per heavy atom. The van der Waals surface area contributed by atoms with E-state index in [0.717, 1.165) is 4.90 Å². The smallest absolute Gasteiger partial charge is 0.256 e. The summed E-state index contributed by atoms with van der Waals surface area (Å²) in [5.74, 6) is 5.47. The Hall–Kier alpha value is -0.766. The summed E-state index contributed by atoms with van der Waals surface area (Å²) in [7, 11) is 0. The van der Waals surface area contributed by atoms with Crippen molar-refractivity contribution >= 4 is 27.5 Å². The van der Waals surface area contributed by atoms with E-state index in [1.165, 1.54) is 0 Å². The molecule has 1 atom stereocenters. The number of allylic oxidation sites excluding steroid dienone is 1. The van der Waals surface area contributed by atoms with Gasteiger partial charge in [-0.05, 0) is 19.1 Å². The molecular weight excluding hydrogens is 469 g/mol. The predicted octanol–water partition coefficient (Wildman–Crippen LogP) is 4.13. The van der Waals surface area contributed by atoms with Crippen molar-refractivity contribution in [2.75, 3.05) is 13.2 Å². The molecule has 1 aromatic rings. The van der Waals surface area contributed by atoms with Crippen LogP contribution in [0.3, 0.4) is 0 Å². The molecule has 1 aliphatic heterocycles.